The number of hydrogen-bond donors (Lipinski definition) is 0. The third-order valence-corrected chi connectivity index (χ3v) is 3.69. The fourth-order valence-corrected chi connectivity index (χ4v) is 2.35. The molecule has 0 spiro atoms. The fourth-order valence-electron chi connectivity index (χ4n) is 2.14. The van der Waals surface area contributed by atoms with Crippen LogP contribution < -0.4 is 4.74 Å². The van der Waals surface area contributed by atoms with E-state index in [1.165, 1.54) is 0 Å². The summed E-state index contributed by atoms with van der Waals surface area (Å²) in [5.74, 6) is 0.778. The standard InChI is InChI=1S/C18H14ClNO4/c1-22-14-6-4-5-12(9-14)17-10-13(20-24-17)11-23-18(21)15-7-2-3-8-16(15)19/h2-10H,11H2,1H3. The Bertz CT molecular complexity index is 859. The van der Waals surface area contributed by atoms with E-state index in [1.54, 1.807) is 37.4 Å². The van der Waals surface area contributed by atoms with Gasteiger partial charge >= 0.3 is 5.97 Å². The first-order valence-electron chi connectivity index (χ1n) is 7.19. The van der Waals surface area contributed by atoms with Crippen molar-refractivity contribution >= 4 is 17.6 Å². The number of methoxy groups -OCH3 is 1. The van der Waals surface area contributed by atoms with Gasteiger partial charge in [-0.25, -0.2) is 4.79 Å². The smallest absolute Gasteiger partial charge is 0.340 e. The molecule has 0 aliphatic rings. The molecule has 0 amide bonds. The van der Waals surface area contributed by atoms with E-state index in [9.17, 15) is 4.79 Å². The van der Waals surface area contributed by atoms with E-state index in [4.69, 9.17) is 25.6 Å². The molecular weight excluding hydrogens is 330 g/mol. The molecule has 0 aliphatic heterocycles. The van der Waals surface area contributed by atoms with Crippen molar-refractivity contribution in [1.82, 2.24) is 5.16 Å². The zero-order valence-electron chi connectivity index (χ0n) is 12.9. The zero-order chi connectivity index (χ0) is 16.9. The number of halogens is 1. The summed E-state index contributed by atoms with van der Waals surface area (Å²) in [5.41, 5.74) is 1.65. The maximum atomic E-state index is 12.0. The molecule has 1 aromatic heterocycles. The summed E-state index contributed by atoms with van der Waals surface area (Å²) in [6, 6.07) is 15.8. The Labute approximate surface area is 143 Å². The molecule has 0 N–H and O–H groups in total. The SMILES string of the molecule is COc1cccc(-c2cc(COC(=O)c3ccccc3Cl)no2)c1. The van der Waals surface area contributed by atoms with E-state index in [-0.39, 0.29) is 6.61 Å². The lowest BCUT2D eigenvalue weighted by Crippen LogP contribution is -2.05. The summed E-state index contributed by atoms with van der Waals surface area (Å²) >= 11 is 5.97. The minimum Gasteiger partial charge on any atom is -0.497 e. The van der Waals surface area contributed by atoms with Crippen LogP contribution in [0.15, 0.2) is 59.1 Å². The Morgan fingerprint density at radius 2 is 2.00 bits per heavy atom. The average Bonchev–Trinajstić information content (AvgIpc) is 3.09. The highest BCUT2D eigenvalue weighted by Crippen LogP contribution is 2.25. The van der Waals surface area contributed by atoms with Crippen LogP contribution in [0, 0.1) is 0 Å². The van der Waals surface area contributed by atoms with Crippen LogP contribution >= 0.6 is 11.6 Å². The summed E-state index contributed by atoms with van der Waals surface area (Å²) < 4.78 is 15.7. The Hall–Kier alpha value is -2.79. The van der Waals surface area contributed by atoms with Gasteiger partial charge in [-0.2, -0.15) is 0 Å². The van der Waals surface area contributed by atoms with E-state index in [0.717, 1.165) is 11.3 Å². The van der Waals surface area contributed by atoms with Gasteiger partial charge in [-0.15, -0.1) is 0 Å². The first-order chi connectivity index (χ1) is 11.7. The second kappa shape index (κ2) is 7.19. The maximum Gasteiger partial charge on any atom is 0.340 e. The van der Waals surface area contributed by atoms with Gasteiger partial charge in [0, 0.05) is 11.6 Å². The number of esters is 1. The van der Waals surface area contributed by atoms with Gasteiger partial charge in [0.2, 0.25) is 0 Å². The van der Waals surface area contributed by atoms with Crippen LogP contribution in [0.25, 0.3) is 11.3 Å². The lowest BCUT2D eigenvalue weighted by Gasteiger charge is -2.03. The maximum absolute atomic E-state index is 12.0. The first-order valence-corrected chi connectivity index (χ1v) is 7.57. The topological polar surface area (TPSA) is 61.6 Å². The number of carbonyl (C=O) groups excluding carboxylic acids is 1. The van der Waals surface area contributed by atoms with E-state index >= 15 is 0 Å². The van der Waals surface area contributed by atoms with E-state index in [0.29, 0.717) is 22.0 Å². The lowest BCUT2D eigenvalue weighted by atomic mass is 10.1. The number of carbonyl (C=O) groups is 1. The van der Waals surface area contributed by atoms with Gasteiger partial charge in [0.15, 0.2) is 5.76 Å². The third-order valence-electron chi connectivity index (χ3n) is 3.36. The van der Waals surface area contributed by atoms with Gasteiger partial charge in [-0.3, -0.25) is 0 Å². The van der Waals surface area contributed by atoms with Gasteiger partial charge in [0.25, 0.3) is 0 Å². The highest BCUT2D eigenvalue weighted by molar-refractivity contribution is 6.33. The first kappa shape index (κ1) is 16.1. The number of nitrogens with zero attached hydrogens (tertiary/aromatic N) is 1. The van der Waals surface area contributed by atoms with Crippen molar-refractivity contribution in [3.05, 3.63) is 70.9 Å². The molecule has 0 aliphatic carbocycles. The fraction of sp³-hybridized carbons (Fsp3) is 0.111. The molecule has 0 atom stereocenters. The Kier molecular flexibility index (Phi) is 4.82. The van der Waals surface area contributed by atoms with Gasteiger partial charge in [-0.05, 0) is 24.3 Å². The van der Waals surface area contributed by atoms with Gasteiger partial charge in [0.1, 0.15) is 18.1 Å². The molecular formula is C18H14ClNO4. The Morgan fingerprint density at radius 3 is 2.79 bits per heavy atom. The molecule has 5 nitrogen and oxygen atoms in total. The van der Waals surface area contributed by atoms with Crippen LogP contribution in [-0.2, 0) is 11.3 Å². The minimum atomic E-state index is -0.508. The monoisotopic (exact) mass is 343 g/mol. The van der Waals surface area contributed by atoms with Gasteiger partial charge in [-0.1, -0.05) is 41.0 Å². The number of ether oxygens (including phenoxy) is 2. The van der Waals surface area contributed by atoms with Crippen molar-refractivity contribution < 1.29 is 18.8 Å². The van der Waals surface area contributed by atoms with Crippen LogP contribution in [-0.4, -0.2) is 18.2 Å². The third kappa shape index (κ3) is 3.58. The lowest BCUT2D eigenvalue weighted by molar-refractivity contribution is 0.0464. The van der Waals surface area contributed by atoms with E-state index < -0.39 is 5.97 Å². The predicted molar refractivity (Wildman–Crippen MR) is 89.1 cm³/mol. The molecule has 2 aromatic carbocycles. The van der Waals surface area contributed by atoms with Crippen molar-refractivity contribution in [2.24, 2.45) is 0 Å². The molecule has 3 aromatic rings. The number of hydrogen-bond acceptors (Lipinski definition) is 5. The largest absolute Gasteiger partial charge is 0.497 e. The second-order valence-corrected chi connectivity index (χ2v) is 5.38. The summed E-state index contributed by atoms with van der Waals surface area (Å²) in [6.45, 7) is -0.00246. The van der Waals surface area contributed by atoms with Crippen LogP contribution in [0.5, 0.6) is 5.75 Å². The normalized spacial score (nSPS) is 10.4. The molecule has 0 fully saturated rings. The summed E-state index contributed by atoms with van der Waals surface area (Å²) in [4.78, 5) is 12.0. The Morgan fingerprint density at radius 1 is 1.17 bits per heavy atom. The highest BCUT2D eigenvalue weighted by atomic mass is 35.5. The van der Waals surface area contributed by atoms with Gasteiger partial charge in [0.05, 0.1) is 17.7 Å². The van der Waals surface area contributed by atoms with Crippen molar-refractivity contribution in [3.8, 4) is 17.1 Å². The zero-order valence-corrected chi connectivity index (χ0v) is 13.6. The summed E-state index contributed by atoms with van der Waals surface area (Å²) in [6.07, 6.45) is 0. The second-order valence-electron chi connectivity index (χ2n) is 4.97. The number of aromatic nitrogens is 1. The molecule has 0 saturated carbocycles. The van der Waals surface area contributed by atoms with Crippen molar-refractivity contribution in [2.45, 2.75) is 6.61 Å². The quantitative estimate of drug-likeness (QED) is 0.644. The molecule has 0 bridgehead atoms. The van der Waals surface area contributed by atoms with E-state index in [1.807, 2.05) is 24.3 Å². The van der Waals surface area contributed by atoms with E-state index in [2.05, 4.69) is 5.16 Å². The minimum absolute atomic E-state index is 0.00246. The predicted octanol–water partition coefficient (Wildman–Crippen LogP) is 4.36. The molecule has 0 radical (unpaired) electrons. The Balaban J connectivity index is 1.68. The molecule has 24 heavy (non-hydrogen) atoms. The molecule has 0 saturated heterocycles. The summed E-state index contributed by atoms with van der Waals surface area (Å²) in [5, 5.41) is 4.26. The molecule has 6 heteroatoms. The van der Waals surface area contributed by atoms with Crippen molar-refractivity contribution in [2.75, 3.05) is 7.11 Å². The molecule has 1 heterocycles. The van der Waals surface area contributed by atoms with Crippen LogP contribution in [0.1, 0.15) is 16.1 Å². The summed E-state index contributed by atoms with van der Waals surface area (Å²) in [7, 11) is 1.60. The van der Waals surface area contributed by atoms with Crippen LogP contribution in [0.2, 0.25) is 5.02 Å². The van der Waals surface area contributed by atoms with Crippen LogP contribution in [0.4, 0.5) is 0 Å². The molecule has 122 valence electrons. The number of rotatable bonds is 5. The molecule has 0 unspecified atom stereocenters. The highest BCUT2D eigenvalue weighted by Gasteiger charge is 2.13. The van der Waals surface area contributed by atoms with Crippen molar-refractivity contribution in [1.29, 1.82) is 0 Å². The van der Waals surface area contributed by atoms with Gasteiger partial charge < -0.3 is 14.0 Å². The van der Waals surface area contributed by atoms with Crippen LogP contribution in [0.3, 0.4) is 0 Å². The number of benzene rings is 2. The van der Waals surface area contributed by atoms with Crippen molar-refractivity contribution in [3.63, 3.8) is 0 Å². The average molecular weight is 344 g/mol. The molecule has 3 rings (SSSR count).